The number of nitrogens with one attached hydrogen (secondary N) is 1. The molecule has 1 saturated carbocycles. The number of amides is 4. The van der Waals surface area contributed by atoms with Crippen molar-refractivity contribution in [3.05, 3.63) is 98.0 Å². The Kier molecular flexibility index (Phi) is 10.1. The van der Waals surface area contributed by atoms with E-state index in [-0.39, 0.29) is 54.1 Å². The fourth-order valence-corrected chi connectivity index (χ4v) is 9.78. The molecule has 6 atom stereocenters. The minimum absolute atomic E-state index is 0.00646. The summed E-state index contributed by atoms with van der Waals surface area (Å²) in [5.74, 6) is -6.27. The zero-order valence-corrected chi connectivity index (χ0v) is 31.7. The van der Waals surface area contributed by atoms with Gasteiger partial charge in [-0.1, -0.05) is 69.3 Å². The zero-order valence-electron chi connectivity index (χ0n) is 28.6. The predicted octanol–water partition coefficient (Wildman–Crippen LogP) is 7.10. The second kappa shape index (κ2) is 14.4. The number of carboxylic acids is 1. The summed E-state index contributed by atoms with van der Waals surface area (Å²) in [6, 6.07) is 16.5. The normalized spacial score (nSPS) is 26.3. The standard InChI is InChI=1S/C39H36BrCl2N3O8/c1-53-23-10-6-20(7-11-23)39-28(36(50)45(38(39)52)43-30-14-9-22(41)18-29(30)42)19-26-24(34(39)27-17-21(40)8-15-31(27)46)12-13-25-33(26)37(51)44(35(25)49)16-4-2-3-5-32(47)48/h6-12,14-15,17-18,25-26,28,33-34,43,46H,2-5,13,16,19H2,1H3,(H,47,48)/t25-,26+,28-,33-,34+,39+/m0/s1. The smallest absolute Gasteiger partial charge is 0.303 e. The van der Waals surface area contributed by atoms with Crippen LogP contribution in [-0.2, 0) is 29.4 Å². The van der Waals surface area contributed by atoms with Crippen molar-refractivity contribution in [3.63, 3.8) is 0 Å². The lowest BCUT2D eigenvalue weighted by Crippen LogP contribution is -2.53. The van der Waals surface area contributed by atoms with E-state index in [1.54, 1.807) is 48.5 Å². The van der Waals surface area contributed by atoms with Gasteiger partial charge in [0.2, 0.25) is 11.8 Å². The minimum Gasteiger partial charge on any atom is -0.508 e. The summed E-state index contributed by atoms with van der Waals surface area (Å²) in [5, 5.41) is 22.1. The first-order chi connectivity index (χ1) is 25.4. The summed E-state index contributed by atoms with van der Waals surface area (Å²) in [7, 11) is 1.53. The Labute approximate surface area is 324 Å². The molecule has 3 aromatic carbocycles. The van der Waals surface area contributed by atoms with Crippen LogP contribution in [0.25, 0.3) is 0 Å². The lowest BCUT2D eigenvalue weighted by molar-refractivity contribution is -0.141. The zero-order chi connectivity index (χ0) is 37.8. The number of rotatable bonds is 11. The molecule has 2 saturated heterocycles. The number of hydrogen-bond donors (Lipinski definition) is 3. The number of halogens is 3. The Morgan fingerprint density at radius 3 is 2.42 bits per heavy atom. The molecule has 3 N–H and O–H groups in total. The molecule has 3 aromatic rings. The third kappa shape index (κ3) is 6.18. The molecule has 2 aliphatic carbocycles. The van der Waals surface area contributed by atoms with Crippen LogP contribution in [0.1, 0.15) is 55.6 Å². The maximum atomic E-state index is 15.3. The van der Waals surface area contributed by atoms with E-state index in [0.29, 0.717) is 51.2 Å². The number of imide groups is 2. The molecule has 0 unspecified atom stereocenters. The van der Waals surface area contributed by atoms with Gasteiger partial charge in [-0.15, -0.1) is 0 Å². The van der Waals surface area contributed by atoms with E-state index in [1.165, 1.54) is 24.1 Å². The Bertz CT molecular complexity index is 2060. The highest BCUT2D eigenvalue weighted by Gasteiger charge is 2.70. The number of carbonyl (C=O) groups is 5. The molecule has 0 aromatic heterocycles. The highest BCUT2D eigenvalue weighted by Crippen LogP contribution is 2.65. The van der Waals surface area contributed by atoms with Gasteiger partial charge in [-0.25, -0.2) is 0 Å². The highest BCUT2D eigenvalue weighted by molar-refractivity contribution is 9.10. The highest BCUT2D eigenvalue weighted by atomic mass is 79.9. The number of hydrogen-bond acceptors (Lipinski definition) is 8. The third-order valence-electron chi connectivity index (χ3n) is 11.2. The van der Waals surface area contributed by atoms with Crippen molar-refractivity contribution in [1.82, 2.24) is 9.91 Å². The minimum atomic E-state index is -1.61. The van der Waals surface area contributed by atoms with Gasteiger partial charge >= 0.3 is 5.97 Å². The number of unbranched alkanes of at least 4 members (excludes halogenated alkanes) is 2. The molecular weight excluding hydrogens is 789 g/mol. The van der Waals surface area contributed by atoms with Gasteiger partial charge in [-0.3, -0.25) is 34.3 Å². The number of aliphatic carboxylic acids is 1. The van der Waals surface area contributed by atoms with Gasteiger partial charge in [0, 0.05) is 33.9 Å². The van der Waals surface area contributed by atoms with E-state index in [1.807, 2.05) is 6.08 Å². The molecule has 14 heteroatoms. The van der Waals surface area contributed by atoms with Crippen LogP contribution in [0.3, 0.4) is 0 Å². The number of benzene rings is 3. The molecule has 11 nitrogen and oxygen atoms in total. The van der Waals surface area contributed by atoms with Gasteiger partial charge in [0.25, 0.3) is 11.8 Å². The van der Waals surface area contributed by atoms with Crippen LogP contribution in [-0.4, -0.2) is 63.4 Å². The van der Waals surface area contributed by atoms with Crippen molar-refractivity contribution in [3.8, 4) is 11.5 Å². The first kappa shape index (κ1) is 36.9. The molecular formula is C39H36BrCl2N3O8. The van der Waals surface area contributed by atoms with Gasteiger partial charge in [0.05, 0.1) is 41.0 Å². The van der Waals surface area contributed by atoms with Crippen molar-refractivity contribution < 1.29 is 38.9 Å². The second-order valence-corrected chi connectivity index (χ2v) is 15.7. The molecule has 4 aliphatic rings. The fourth-order valence-electron chi connectivity index (χ4n) is 8.95. The number of allylic oxidation sites excluding steroid dienone is 2. The number of carboxylic acid groups (broad SMARTS) is 1. The summed E-state index contributed by atoms with van der Waals surface area (Å²) in [6.07, 6.45) is 3.67. The van der Waals surface area contributed by atoms with Gasteiger partial charge in [0.1, 0.15) is 11.5 Å². The number of nitrogens with zero attached hydrogens (tertiary/aromatic N) is 2. The Hall–Kier alpha value is -4.39. The number of aromatic hydroxyl groups is 1. The van der Waals surface area contributed by atoms with Crippen molar-refractivity contribution in [2.75, 3.05) is 19.1 Å². The maximum Gasteiger partial charge on any atom is 0.303 e. The first-order valence-electron chi connectivity index (χ1n) is 17.4. The largest absolute Gasteiger partial charge is 0.508 e. The summed E-state index contributed by atoms with van der Waals surface area (Å²) in [6.45, 7) is 0.165. The fraction of sp³-hybridized carbons (Fsp3) is 0.359. The van der Waals surface area contributed by atoms with Crippen molar-refractivity contribution >= 4 is 74.4 Å². The quantitative estimate of drug-likeness (QED) is 0.104. The summed E-state index contributed by atoms with van der Waals surface area (Å²) in [4.78, 5) is 70.5. The molecule has 276 valence electrons. The monoisotopic (exact) mass is 823 g/mol. The topological polar surface area (TPSA) is 154 Å². The van der Waals surface area contributed by atoms with E-state index < -0.39 is 52.8 Å². The number of hydrazine groups is 1. The summed E-state index contributed by atoms with van der Waals surface area (Å²) in [5.41, 5.74) is 3.21. The predicted molar refractivity (Wildman–Crippen MR) is 199 cm³/mol. The Morgan fingerprint density at radius 2 is 1.72 bits per heavy atom. The lowest BCUT2D eigenvalue weighted by Gasteiger charge is -2.50. The van der Waals surface area contributed by atoms with Crippen molar-refractivity contribution in [1.29, 1.82) is 0 Å². The average molecular weight is 826 g/mol. The van der Waals surface area contributed by atoms with Crippen LogP contribution in [0, 0.1) is 23.7 Å². The molecule has 53 heavy (non-hydrogen) atoms. The van der Waals surface area contributed by atoms with E-state index in [4.69, 9.17) is 33.0 Å². The van der Waals surface area contributed by atoms with E-state index >= 15 is 4.79 Å². The first-order valence-corrected chi connectivity index (χ1v) is 18.9. The SMILES string of the molecule is COc1ccc([C@@]23C(=O)N(Nc4ccc(Cl)cc4Cl)C(=O)[C@@H]2C[C@@H]2C(=CC[C@@H]4C(=O)N(CCCCCC(=O)O)C(=O)[C@@H]42)[C@@H]3c2cc(Br)ccc2O)cc1. The number of carbonyl (C=O) groups excluding carboxylic acids is 4. The van der Waals surface area contributed by atoms with E-state index in [0.717, 1.165) is 5.01 Å². The molecule has 4 amide bonds. The number of ether oxygens (including phenoxy) is 1. The number of methoxy groups -OCH3 is 1. The van der Waals surface area contributed by atoms with Gasteiger partial charge in [0.15, 0.2) is 0 Å². The van der Waals surface area contributed by atoms with Crippen LogP contribution >= 0.6 is 39.1 Å². The van der Waals surface area contributed by atoms with E-state index in [9.17, 15) is 24.3 Å². The van der Waals surface area contributed by atoms with Crippen LogP contribution in [0.4, 0.5) is 5.69 Å². The Morgan fingerprint density at radius 1 is 0.962 bits per heavy atom. The molecule has 2 heterocycles. The molecule has 3 fully saturated rings. The van der Waals surface area contributed by atoms with Crippen LogP contribution < -0.4 is 10.2 Å². The number of fused-ring (bicyclic) bond motifs is 4. The summed E-state index contributed by atoms with van der Waals surface area (Å²) < 4.78 is 6.07. The second-order valence-electron chi connectivity index (χ2n) is 13.9. The molecule has 0 spiro atoms. The van der Waals surface area contributed by atoms with Crippen LogP contribution in [0.2, 0.25) is 10.0 Å². The number of phenols is 1. The van der Waals surface area contributed by atoms with Gasteiger partial charge in [-0.2, -0.15) is 5.01 Å². The number of phenolic OH excluding ortho intramolecular Hbond substituents is 1. The van der Waals surface area contributed by atoms with Gasteiger partial charge in [-0.05, 0) is 85.7 Å². The molecule has 0 bridgehead atoms. The number of likely N-dealkylation sites (tertiary alicyclic amines) is 1. The molecule has 0 radical (unpaired) electrons. The Balaban J connectivity index is 1.37. The molecule has 7 rings (SSSR count). The third-order valence-corrected chi connectivity index (χ3v) is 12.3. The summed E-state index contributed by atoms with van der Waals surface area (Å²) >= 11 is 16.2. The average Bonchev–Trinajstić information content (AvgIpc) is 3.50. The lowest BCUT2D eigenvalue weighted by atomic mass is 9.49. The van der Waals surface area contributed by atoms with Crippen molar-refractivity contribution in [2.24, 2.45) is 23.7 Å². The van der Waals surface area contributed by atoms with E-state index in [2.05, 4.69) is 21.4 Å². The molecule has 2 aliphatic heterocycles. The number of anilines is 1. The van der Waals surface area contributed by atoms with Crippen molar-refractivity contribution in [2.45, 2.75) is 49.9 Å². The van der Waals surface area contributed by atoms with Crippen LogP contribution in [0.15, 0.2) is 76.8 Å². The maximum absolute atomic E-state index is 15.3. The van der Waals surface area contributed by atoms with Gasteiger partial charge < -0.3 is 14.9 Å². The van der Waals surface area contributed by atoms with Crippen LogP contribution in [0.5, 0.6) is 11.5 Å².